The number of ketones is 1. The van der Waals surface area contributed by atoms with Crippen LogP contribution in [0.25, 0.3) is 10.8 Å². The first-order valence-electron chi connectivity index (χ1n) is 5.52. The number of nitrogens with one attached hydrogen (secondary N) is 1. The largest absolute Gasteiger partial charge is 0.294 e. The summed E-state index contributed by atoms with van der Waals surface area (Å²) in [5.41, 5.74) is 0.807. The van der Waals surface area contributed by atoms with Crippen molar-refractivity contribution in [1.82, 2.24) is 5.32 Å². The topological polar surface area (TPSA) is 63.2 Å². The van der Waals surface area contributed by atoms with Crippen molar-refractivity contribution in [1.29, 1.82) is 0 Å². The molecule has 1 aliphatic heterocycles. The highest BCUT2D eigenvalue weighted by atomic mass is 16.2. The van der Waals surface area contributed by atoms with E-state index in [0.29, 0.717) is 16.5 Å². The molecule has 2 amide bonds. The summed E-state index contributed by atoms with van der Waals surface area (Å²) in [7, 11) is 0. The van der Waals surface area contributed by atoms with E-state index < -0.39 is 11.8 Å². The maximum Gasteiger partial charge on any atom is 0.259 e. The van der Waals surface area contributed by atoms with E-state index in [1.807, 2.05) is 12.1 Å². The van der Waals surface area contributed by atoms with Crippen LogP contribution in [0.2, 0.25) is 0 Å². The van der Waals surface area contributed by atoms with Gasteiger partial charge in [-0.1, -0.05) is 24.3 Å². The molecule has 0 unspecified atom stereocenters. The number of Topliss-reactive ketones (excluding diaryl/α,β-unsaturated/α-hetero) is 1. The second-order valence-electron chi connectivity index (χ2n) is 4.23. The van der Waals surface area contributed by atoms with E-state index in [1.54, 1.807) is 18.2 Å². The molecule has 88 valence electrons. The van der Waals surface area contributed by atoms with Crippen LogP contribution in [-0.2, 0) is 0 Å². The van der Waals surface area contributed by atoms with Gasteiger partial charge >= 0.3 is 0 Å². The third kappa shape index (κ3) is 1.29. The molecule has 1 N–H and O–H groups in total. The zero-order valence-corrected chi connectivity index (χ0v) is 9.61. The van der Waals surface area contributed by atoms with Crippen molar-refractivity contribution in [3.63, 3.8) is 0 Å². The lowest BCUT2D eigenvalue weighted by Gasteiger charge is -2.06. The summed E-state index contributed by atoms with van der Waals surface area (Å²) in [5, 5.41) is 3.72. The fraction of sp³-hybridized carbons (Fsp3) is 0.0714. The molecule has 2 aromatic rings. The van der Waals surface area contributed by atoms with Crippen LogP contribution in [-0.4, -0.2) is 17.6 Å². The van der Waals surface area contributed by atoms with Crippen molar-refractivity contribution in [3.8, 4) is 0 Å². The Morgan fingerprint density at radius 3 is 2.44 bits per heavy atom. The second-order valence-corrected chi connectivity index (χ2v) is 4.23. The van der Waals surface area contributed by atoms with Crippen LogP contribution in [0.15, 0.2) is 30.3 Å². The van der Waals surface area contributed by atoms with Crippen LogP contribution in [0.5, 0.6) is 0 Å². The molecular formula is C14H9NO3. The van der Waals surface area contributed by atoms with Crippen LogP contribution in [0.1, 0.15) is 38.0 Å². The molecule has 0 fully saturated rings. The van der Waals surface area contributed by atoms with Gasteiger partial charge in [0.05, 0.1) is 11.1 Å². The van der Waals surface area contributed by atoms with Crippen molar-refractivity contribution in [2.45, 2.75) is 6.92 Å². The SMILES string of the molecule is CC(=O)c1cc2ccccc2c2c1C(=O)NC2=O. The van der Waals surface area contributed by atoms with Crippen LogP contribution in [0, 0.1) is 0 Å². The minimum atomic E-state index is -0.494. The fourth-order valence-corrected chi connectivity index (χ4v) is 2.33. The lowest BCUT2D eigenvalue weighted by molar-refractivity contribution is 0.0875. The van der Waals surface area contributed by atoms with Gasteiger partial charge < -0.3 is 0 Å². The monoisotopic (exact) mass is 239 g/mol. The molecule has 1 heterocycles. The predicted molar refractivity (Wildman–Crippen MR) is 65.7 cm³/mol. The van der Waals surface area contributed by atoms with Gasteiger partial charge in [-0.15, -0.1) is 0 Å². The molecule has 0 aliphatic carbocycles. The van der Waals surface area contributed by atoms with Gasteiger partial charge in [-0.25, -0.2) is 0 Å². The first-order valence-corrected chi connectivity index (χ1v) is 5.52. The molecular weight excluding hydrogens is 230 g/mol. The fourth-order valence-electron chi connectivity index (χ4n) is 2.33. The Kier molecular flexibility index (Phi) is 2.07. The van der Waals surface area contributed by atoms with Crippen molar-refractivity contribution in [3.05, 3.63) is 47.0 Å². The number of amides is 2. The van der Waals surface area contributed by atoms with E-state index in [0.717, 1.165) is 5.39 Å². The number of rotatable bonds is 1. The van der Waals surface area contributed by atoms with Gasteiger partial charge in [0.2, 0.25) is 0 Å². The quantitative estimate of drug-likeness (QED) is 0.611. The summed E-state index contributed by atoms with van der Waals surface area (Å²) >= 11 is 0. The lowest BCUT2D eigenvalue weighted by atomic mass is 9.94. The maximum atomic E-state index is 11.8. The highest BCUT2D eigenvalue weighted by molar-refractivity contribution is 6.29. The average molecular weight is 239 g/mol. The zero-order valence-electron chi connectivity index (χ0n) is 9.61. The summed E-state index contributed by atoms with van der Waals surface area (Å²) < 4.78 is 0. The minimum absolute atomic E-state index is 0.200. The lowest BCUT2D eigenvalue weighted by Crippen LogP contribution is -2.20. The first-order chi connectivity index (χ1) is 8.59. The number of carbonyl (C=O) groups is 3. The number of carbonyl (C=O) groups excluding carboxylic acids is 3. The van der Waals surface area contributed by atoms with E-state index in [9.17, 15) is 14.4 Å². The van der Waals surface area contributed by atoms with E-state index in [2.05, 4.69) is 5.32 Å². The molecule has 18 heavy (non-hydrogen) atoms. The molecule has 0 atom stereocenters. The van der Waals surface area contributed by atoms with Gasteiger partial charge in [-0.3, -0.25) is 19.7 Å². The highest BCUT2D eigenvalue weighted by Gasteiger charge is 2.32. The summed E-state index contributed by atoms with van der Waals surface area (Å²) in [4.78, 5) is 35.2. The predicted octanol–water partition coefficient (Wildman–Crippen LogP) is 1.93. The van der Waals surface area contributed by atoms with E-state index in [4.69, 9.17) is 0 Å². The van der Waals surface area contributed by atoms with E-state index >= 15 is 0 Å². The van der Waals surface area contributed by atoms with Crippen LogP contribution in [0.4, 0.5) is 0 Å². The Labute approximate surface area is 103 Å². The minimum Gasteiger partial charge on any atom is -0.294 e. The van der Waals surface area contributed by atoms with Gasteiger partial charge in [0.1, 0.15) is 0 Å². The van der Waals surface area contributed by atoms with Crippen LogP contribution in [0.3, 0.4) is 0 Å². The highest BCUT2D eigenvalue weighted by Crippen LogP contribution is 2.29. The molecule has 0 saturated heterocycles. The van der Waals surface area contributed by atoms with Crippen molar-refractivity contribution in [2.75, 3.05) is 0 Å². The smallest absolute Gasteiger partial charge is 0.259 e. The molecule has 1 aliphatic rings. The number of fused-ring (bicyclic) bond motifs is 3. The molecule has 2 aromatic carbocycles. The number of hydrogen-bond acceptors (Lipinski definition) is 3. The second kappa shape index (κ2) is 3.50. The Hall–Kier alpha value is -2.49. The van der Waals surface area contributed by atoms with Gasteiger partial charge in [0.25, 0.3) is 11.8 Å². The third-order valence-electron chi connectivity index (χ3n) is 3.11. The van der Waals surface area contributed by atoms with Gasteiger partial charge in [0.15, 0.2) is 5.78 Å². The van der Waals surface area contributed by atoms with E-state index in [1.165, 1.54) is 6.92 Å². The number of benzene rings is 2. The zero-order chi connectivity index (χ0) is 12.9. The molecule has 0 bridgehead atoms. The van der Waals surface area contributed by atoms with Gasteiger partial charge in [-0.05, 0) is 23.8 Å². The summed E-state index contributed by atoms with van der Waals surface area (Å²) in [5.74, 6) is -1.15. The molecule has 0 aromatic heterocycles. The number of imide groups is 1. The van der Waals surface area contributed by atoms with Crippen molar-refractivity contribution >= 4 is 28.4 Å². The summed E-state index contributed by atoms with van der Waals surface area (Å²) in [6, 6.07) is 8.88. The molecule has 0 spiro atoms. The molecule has 0 radical (unpaired) electrons. The Morgan fingerprint density at radius 1 is 1.06 bits per heavy atom. The van der Waals surface area contributed by atoms with Crippen LogP contribution < -0.4 is 5.32 Å². The van der Waals surface area contributed by atoms with E-state index in [-0.39, 0.29) is 11.3 Å². The van der Waals surface area contributed by atoms with Crippen molar-refractivity contribution < 1.29 is 14.4 Å². The average Bonchev–Trinajstić information content (AvgIpc) is 2.64. The Morgan fingerprint density at radius 2 is 1.72 bits per heavy atom. The maximum absolute atomic E-state index is 11.8. The van der Waals surface area contributed by atoms with Gasteiger partial charge in [-0.2, -0.15) is 0 Å². The van der Waals surface area contributed by atoms with Crippen molar-refractivity contribution in [2.24, 2.45) is 0 Å². The Balaban J connectivity index is 2.53. The Bertz CT molecular complexity index is 731. The standard InChI is InChI=1S/C14H9NO3/c1-7(16)10-6-8-4-2-3-5-9(8)11-12(10)14(18)15-13(11)17/h2-6H,1H3,(H,15,17,18). The third-order valence-corrected chi connectivity index (χ3v) is 3.11. The van der Waals surface area contributed by atoms with Crippen LogP contribution >= 0.6 is 0 Å². The summed E-state index contributed by atoms with van der Waals surface area (Å²) in [6.07, 6.45) is 0. The van der Waals surface area contributed by atoms with Gasteiger partial charge in [0, 0.05) is 5.56 Å². The molecule has 4 nitrogen and oxygen atoms in total. The molecule has 3 rings (SSSR count). The number of hydrogen-bond donors (Lipinski definition) is 1. The first kappa shape index (κ1) is 10.7. The molecule has 4 heteroatoms. The normalized spacial score (nSPS) is 13.6. The summed E-state index contributed by atoms with van der Waals surface area (Å²) in [6.45, 7) is 1.39. The molecule has 0 saturated carbocycles.